The number of nitrogens with two attached hydrogens (primary N) is 1. The molecule has 0 spiro atoms. The Kier molecular flexibility index (Phi) is 5.34. The number of methoxy groups -OCH3 is 1. The summed E-state index contributed by atoms with van der Waals surface area (Å²) in [5, 5.41) is 0. The van der Waals surface area contributed by atoms with E-state index in [1.54, 1.807) is 0 Å². The Morgan fingerprint density at radius 2 is 1.89 bits per heavy atom. The number of carbonyl (C=O) groups is 2. The molecule has 2 N–H and O–H groups in total. The molecular weight excluding hydrogens is 298 g/mol. The summed E-state index contributed by atoms with van der Waals surface area (Å²) in [4.78, 5) is 22.7. The molecule has 18 heavy (non-hydrogen) atoms. The lowest BCUT2D eigenvalue weighted by molar-refractivity contribution is -0.147. The van der Waals surface area contributed by atoms with Crippen molar-refractivity contribution < 1.29 is 14.3 Å². The van der Waals surface area contributed by atoms with Crippen molar-refractivity contribution in [2.24, 2.45) is 11.7 Å². The average Bonchev–Trinajstić information content (AvgIpc) is 2.35. The van der Waals surface area contributed by atoms with Crippen LogP contribution in [0.2, 0.25) is 0 Å². The van der Waals surface area contributed by atoms with Crippen LogP contribution in [0.5, 0.6) is 0 Å². The maximum Gasteiger partial charge on any atom is 0.309 e. The van der Waals surface area contributed by atoms with Gasteiger partial charge in [0.2, 0.25) is 5.91 Å². The highest BCUT2D eigenvalue weighted by molar-refractivity contribution is 9.10. The van der Waals surface area contributed by atoms with Gasteiger partial charge in [0.15, 0.2) is 0 Å². The van der Waals surface area contributed by atoms with Crippen molar-refractivity contribution in [1.82, 2.24) is 0 Å². The maximum atomic E-state index is 11.7. The highest BCUT2D eigenvalue weighted by atomic mass is 79.9. The van der Waals surface area contributed by atoms with Gasteiger partial charge in [0.1, 0.15) is 0 Å². The van der Waals surface area contributed by atoms with Crippen LogP contribution in [-0.2, 0) is 14.3 Å². The number of amides is 1. The fourth-order valence-corrected chi connectivity index (χ4v) is 2.10. The summed E-state index contributed by atoms with van der Waals surface area (Å²) in [7, 11) is 1.31. The number of benzene rings is 1. The summed E-state index contributed by atoms with van der Waals surface area (Å²) in [5.74, 6) is -1.59. The van der Waals surface area contributed by atoms with E-state index in [9.17, 15) is 9.59 Å². The topological polar surface area (TPSA) is 69.4 Å². The van der Waals surface area contributed by atoms with Crippen molar-refractivity contribution in [2.45, 2.75) is 19.3 Å². The predicted octanol–water partition coefficient (Wildman–Crippen LogP) is 2.22. The van der Waals surface area contributed by atoms with Gasteiger partial charge in [0.05, 0.1) is 13.0 Å². The molecule has 0 aliphatic heterocycles. The largest absolute Gasteiger partial charge is 0.469 e. The van der Waals surface area contributed by atoms with Crippen LogP contribution < -0.4 is 5.73 Å². The fraction of sp³-hybridized carbons (Fsp3) is 0.385. The highest BCUT2D eigenvalue weighted by Gasteiger charge is 2.28. The lowest BCUT2D eigenvalue weighted by atomic mass is 9.85. The second kappa shape index (κ2) is 6.54. The van der Waals surface area contributed by atoms with Crippen molar-refractivity contribution >= 4 is 27.8 Å². The zero-order valence-electron chi connectivity index (χ0n) is 10.4. The third-order valence-corrected chi connectivity index (χ3v) is 3.45. The van der Waals surface area contributed by atoms with Crippen molar-refractivity contribution in [3.63, 3.8) is 0 Å². The Balaban J connectivity index is 2.94. The SMILES string of the molecule is COC(=O)C(CC(N)=O)C(C)c1ccc(Br)cc1. The van der Waals surface area contributed by atoms with Crippen LogP contribution in [-0.4, -0.2) is 19.0 Å². The molecular formula is C13H16BrNO3. The molecule has 1 rings (SSSR count). The van der Waals surface area contributed by atoms with Crippen LogP contribution >= 0.6 is 15.9 Å². The van der Waals surface area contributed by atoms with Crippen LogP contribution in [0, 0.1) is 5.92 Å². The zero-order chi connectivity index (χ0) is 13.7. The summed E-state index contributed by atoms with van der Waals surface area (Å²) < 4.78 is 5.68. The monoisotopic (exact) mass is 313 g/mol. The molecule has 1 aromatic rings. The van der Waals surface area contributed by atoms with Crippen molar-refractivity contribution in [2.75, 3.05) is 7.11 Å². The van der Waals surface area contributed by atoms with Crippen molar-refractivity contribution in [3.8, 4) is 0 Å². The minimum absolute atomic E-state index is 0.0100. The molecule has 5 heteroatoms. The fourth-order valence-electron chi connectivity index (χ4n) is 1.83. The number of hydrogen-bond acceptors (Lipinski definition) is 3. The number of primary amides is 1. The molecule has 0 bridgehead atoms. The second-order valence-electron chi connectivity index (χ2n) is 4.14. The van der Waals surface area contributed by atoms with E-state index >= 15 is 0 Å². The van der Waals surface area contributed by atoms with E-state index in [4.69, 9.17) is 10.5 Å². The van der Waals surface area contributed by atoms with Gasteiger partial charge in [-0.15, -0.1) is 0 Å². The van der Waals surface area contributed by atoms with Gasteiger partial charge >= 0.3 is 5.97 Å². The van der Waals surface area contributed by atoms with Crippen LogP contribution in [0.3, 0.4) is 0 Å². The van der Waals surface area contributed by atoms with E-state index in [1.165, 1.54) is 7.11 Å². The lowest BCUT2D eigenvalue weighted by Crippen LogP contribution is -2.27. The number of rotatable bonds is 5. The average molecular weight is 314 g/mol. The summed E-state index contributed by atoms with van der Waals surface area (Å²) >= 11 is 3.35. The van der Waals surface area contributed by atoms with Crippen molar-refractivity contribution in [3.05, 3.63) is 34.3 Å². The van der Waals surface area contributed by atoms with E-state index in [2.05, 4.69) is 15.9 Å². The van der Waals surface area contributed by atoms with E-state index in [1.807, 2.05) is 31.2 Å². The molecule has 2 unspecified atom stereocenters. The first kappa shape index (κ1) is 14.7. The van der Waals surface area contributed by atoms with Crippen LogP contribution in [0.4, 0.5) is 0 Å². The van der Waals surface area contributed by atoms with Gasteiger partial charge in [0.25, 0.3) is 0 Å². The van der Waals surface area contributed by atoms with Crippen molar-refractivity contribution in [1.29, 1.82) is 0 Å². The molecule has 0 aliphatic rings. The molecule has 0 aliphatic carbocycles. The molecule has 0 heterocycles. The van der Waals surface area contributed by atoms with E-state index in [-0.39, 0.29) is 12.3 Å². The molecule has 0 radical (unpaired) electrons. The Bertz CT molecular complexity index is 430. The Morgan fingerprint density at radius 1 is 1.33 bits per heavy atom. The first-order valence-electron chi connectivity index (χ1n) is 5.57. The Morgan fingerprint density at radius 3 is 2.33 bits per heavy atom. The third-order valence-electron chi connectivity index (χ3n) is 2.92. The molecule has 2 atom stereocenters. The van der Waals surface area contributed by atoms with Gasteiger partial charge in [-0.3, -0.25) is 9.59 Å². The smallest absolute Gasteiger partial charge is 0.309 e. The quantitative estimate of drug-likeness (QED) is 0.847. The van der Waals surface area contributed by atoms with Gasteiger partial charge in [-0.05, 0) is 23.6 Å². The molecule has 0 saturated heterocycles. The Labute approximate surface area is 115 Å². The second-order valence-corrected chi connectivity index (χ2v) is 5.06. The summed E-state index contributed by atoms with van der Waals surface area (Å²) in [5.41, 5.74) is 6.14. The first-order chi connectivity index (χ1) is 8.45. The van der Waals surface area contributed by atoms with E-state index in [0.29, 0.717) is 0 Å². The van der Waals surface area contributed by atoms with Gasteiger partial charge < -0.3 is 10.5 Å². The van der Waals surface area contributed by atoms with Crippen LogP contribution in [0.15, 0.2) is 28.7 Å². The minimum atomic E-state index is -0.548. The number of halogens is 1. The van der Waals surface area contributed by atoms with Gasteiger partial charge in [-0.2, -0.15) is 0 Å². The summed E-state index contributed by atoms with van der Waals surface area (Å²) in [6, 6.07) is 7.60. The standard InChI is InChI=1S/C13H16BrNO3/c1-8(9-3-5-10(14)6-4-9)11(7-12(15)16)13(17)18-2/h3-6,8,11H,7H2,1-2H3,(H2,15,16). The number of esters is 1. The minimum Gasteiger partial charge on any atom is -0.469 e. The van der Waals surface area contributed by atoms with E-state index < -0.39 is 17.8 Å². The van der Waals surface area contributed by atoms with Gasteiger partial charge in [0, 0.05) is 10.9 Å². The lowest BCUT2D eigenvalue weighted by Gasteiger charge is -2.21. The van der Waals surface area contributed by atoms with Crippen LogP contribution in [0.25, 0.3) is 0 Å². The van der Waals surface area contributed by atoms with Gasteiger partial charge in [-0.25, -0.2) is 0 Å². The zero-order valence-corrected chi connectivity index (χ0v) is 11.9. The Hall–Kier alpha value is -1.36. The first-order valence-corrected chi connectivity index (χ1v) is 6.36. The maximum absolute atomic E-state index is 11.7. The molecule has 4 nitrogen and oxygen atoms in total. The number of carbonyl (C=O) groups excluding carboxylic acids is 2. The molecule has 0 saturated carbocycles. The highest BCUT2D eigenvalue weighted by Crippen LogP contribution is 2.28. The molecule has 0 aromatic heterocycles. The predicted molar refractivity (Wildman–Crippen MR) is 71.9 cm³/mol. The summed E-state index contributed by atoms with van der Waals surface area (Å²) in [6.45, 7) is 1.88. The normalized spacial score (nSPS) is 13.7. The molecule has 1 amide bonds. The summed E-state index contributed by atoms with van der Waals surface area (Å²) in [6.07, 6.45) is -0.0100. The third kappa shape index (κ3) is 3.84. The van der Waals surface area contributed by atoms with Crippen LogP contribution in [0.1, 0.15) is 24.8 Å². The molecule has 98 valence electrons. The number of ether oxygens (including phenoxy) is 1. The molecule has 0 fully saturated rings. The molecule has 1 aromatic carbocycles. The van der Waals surface area contributed by atoms with Gasteiger partial charge in [-0.1, -0.05) is 35.0 Å². The number of hydrogen-bond donors (Lipinski definition) is 1. The van der Waals surface area contributed by atoms with E-state index in [0.717, 1.165) is 10.0 Å².